The third-order valence-electron chi connectivity index (χ3n) is 5.10. The molecule has 0 saturated carbocycles. The molecule has 4 rings (SSSR count). The van der Waals surface area contributed by atoms with Crippen LogP contribution in [0.15, 0.2) is 100 Å². The van der Waals surface area contributed by atoms with E-state index < -0.39 is 21.8 Å². The number of nitrogens with two attached hydrogens (primary N) is 1. The molecule has 0 saturated heterocycles. The van der Waals surface area contributed by atoms with E-state index in [4.69, 9.17) is 5.84 Å². The van der Waals surface area contributed by atoms with Crippen molar-refractivity contribution in [3.8, 4) is 0 Å². The highest BCUT2D eigenvalue weighted by Crippen LogP contribution is 2.44. The number of hydrogen-bond donors (Lipinski definition) is 2. The molecule has 1 amide bonds. The summed E-state index contributed by atoms with van der Waals surface area (Å²) in [5.74, 6) is 5.18. The van der Waals surface area contributed by atoms with Gasteiger partial charge in [0.15, 0.2) is 0 Å². The van der Waals surface area contributed by atoms with Crippen molar-refractivity contribution in [3.63, 3.8) is 0 Å². The number of aryl methyl sites for hydroxylation is 1. The summed E-state index contributed by atoms with van der Waals surface area (Å²) in [7, 11) is -4.01. The van der Waals surface area contributed by atoms with Gasteiger partial charge in [-0.25, -0.2) is 8.42 Å². The van der Waals surface area contributed by atoms with Crippen molar-refractivity contribution in [1.82, 2.24) is 5.43 Å². The number of carbonyl (C=O) groups is 1. The average Bonchev–Trinajstić information content (AvgIpc) is 3.08. The van der Waals surface area contributed by atoms with E-state index in [0.717, 1.165) is 5.56 Å². The molecule has 7 heteroatoms. The molecule has 1 aliphatic rings. The molecule has 1 aliphatic heterocycles. The fraction of sp³-hybridized carbons (Fsp3) is 0.0870. The zero-order chi connectivity index (χ0) is 21.3. The van der Waals surface area contributed by atoms with Gasteiger partial charge in [-0.3, -0.25) is 15.5 Å². The smallest absolute Gasteiger partial charge is 0.277 e. The first-order valence-corrected chi connectivity index (χ1v) is 10.9. The van der Waals surface area contributed by atoms with Gasteiger partial charge in [0, 0.05) is 5.69 Å². The van der Waals surface area contributed by atoms with Crippen molar-refractivity contribution in [2.75, 3.05) is 4.90 Å². The van der Waals surface area contributed by atoms with Crippen molar-refractivity contribution in [2.45, 2.75) is 17.9 Å². The maximum Gasteiger partial charge on any atom is 0.277 e. The highest BCUT2D eigenvalue weighted by Gasteiger charge is 2.47. The van der Waals surface area contributed by atoms with E-state index in [1.807, 2.05) is 31.2 Å². The summed E-state index contributed by atoms with van der Waals surface area (Å²) in [6, 6.07) is 23.7. The van der Waals surface area contributed by atoms with Crippen molar-refractivity contribution in [1.29, 1.82) is 0 Å². The highest BCUT2D eigenvalue weighted by molar-refractivity contribution is 7.95. The van der Waals surface area contributed by atoms with Gasteiger partial charge in [0.05, 0.1) is 4.90 Å². The standard InChI is InChI=1S/C23H21N3O3S/c1-16-12-14-19(15-13-16)30(28,29)22-20(25-24)23(27)26(18-10-6-3-7-11-18)21(22)17-8-4-2-5-9-17/h2-15,21,25H,24H2,1H3/t21-/m0/s1. The SMILES string of the molecule is Cc1ccc(S(=O)(=O)C2=C(NN)C(=O)N(c3ccccc3)[C@H]2c2ccccc2)cc1. The number of para-hydroxylation sites is 1. The van der Waals surface area contributed by atoms with Gasteiger partial charge in [-0.2, -0.15) is 0 Å². The number of benzene rings is 3. The van der Waals surface area contributed by atoms with E-state index >= 15 is 0 Å². The summed E-state index contributed by atoms with van der Waals surface area (Å²) in [5, 5.41) is 0. The van der Waals surface area contributed by atoms with Crippen LogP contribution < -0.4 is 16.2 Å². The molecule has 0 unspecified atom stereocenters. The van der Waals surface area contributed by atoms with Crippen LogP contribution in [0.25, 0.3) is 0 Å². The monoisotopic (exact) mass is 419 g/mol. The largest absolute Gasteiger partial charge is 0.318 e. The molecule has 0 aliphatic carbocycles. The van der Waals surface area contributed by atoms with E-state index in [-0.39, 0.29) is 15.5 Å². The van der Waals surface area contributed by atoms with Crippen LogP contribution in [0.2, 0.25) is 0 Å². The van der Waals surface area contributed by atoms with Crippen molar-refractivity contribution in [3.05, 3.63) is 107 Å². The lowest BCUT2D eigenvalue weighted by molar-refractivity contribution is -0.115. The second-order valence-electron chi connectivity index (χ2n) is 7.02. The second-order valence-corrected chi connectivity index (χ2v) is 8.94. The minimum atomic E-state index is -4.01. The molecule has 0 spiro atoms. The Balaban J connectivity index is 1.97. The minimum Gasteiger partial charge on any atom is -0.318 e. The second kappa shape index (κ2) is 7.78. The number of hydrazine groups is 1. The van der Waals surface area contributed by atoms with Gasteiger partial charge in [0.2, 0.25) is 9.84 Å². The predicted octanol–water partition coefficient (Wildman–Crippen LogP) is 3.23. The first-order chi connectivity index (χ1) is 14.4. The first-order valence-electron chi connectivity index (χ1n) is 9.41. The van der Waals surface area contributed by atoms with Gasteiger partial charge in [-0.05, 0) is 36.8 Å². The zero-order valence-electron chi connectivity index (χ0n) is 16.3. The number of carbonyl (C=O) groups excluding carboxylic acids is 1. The summed E-state index contributed by atoms with van der Waals surface area (Å²) in [6.07, 6.45) is 0. The number of rotatable bonds is 5. The lowest BCUT2D eigenvalue weighted by Gasteiger charge is -2.27. The Morgan fingerprint density at radius 1 is 0.867 bits per heavy atom. The van der Waals surface area contributed by atoms with Gasteiger partial charge in [0.25, 0.3) is 5.91 Å². The number of nitrogens with zero attached hydrogens (tertiary/aromatic N) is 1. The Hall–Kier alpha value is -3.42. The molecular weight excluding hydrogens is 398 g/mol. The summed E-state index contributed by atoms with van der Waals surface area (Å²) in [5.41, 5.74) is 4.42. The number of amides is 1. The van der Waals surface area contributed by atoms with Gasteiger partial charge in [-0.1, -0.05) is 66.2 Å². The maximum absolute atomic E-state index is 13.7. The molecule has 6 nitrogen and oxygen atoms in total. The van der Waals surface area contributed by atoms with E-state index in [2.05, 4.69) is 5.43 Å². The molecular formula is C23H21N3O3S. The van der Waals surface area contributed by atoms with Crippen molar-refractivity contribution in [2.24, 2.45) is 5.84 Å². The Labute approximate surface area is 175 Å². The van der Waals surface area contributed by atoms with Crippen molar-refractivity contribution < 1.29 is 13.2 Å². The molecule has 3 aromatic rings. The average molecular weight is 420 g/mol. The quantitative estimate of drug-likeness (QED) is 0.489. The van der Waals surface area contributed by atoms with Crippen LogP contribution in [0.1, 0.15) is 17.2 Å². The van der Waals surface area contributed by atoms with E-state index in [1.54, 1.807) is 60.7 Å². The third kappa shape index (κ3) is 3.28. The van der Waals surface area contributed by atoms with E-state index in [1.165, 1.54) is 4.90 Å². The molecule has 1 atom stereocenters. The number of nitrogens with one attached hydrogen (secondary N) is 1. The maximum atomic E-state index is 13.7. The third-order valence-corrected chi connectivity index (χ3v) is 7.00. The van der Waals surface area contributed by atoms with Gasteiger partial charge in [-0.15, -0.1) is 0 Å². The fourth-order valence-corrected chi connectivity index (χ4v) is 5.35. The summed E-state index contributed by atoms with van der Waals surface area (Å²) in [4.78, 5) is 14.8. The molecule has 152 valence electrons. The molecule has 0 bridgehead atoms. The Morgan fingerprint density at radius 2 is 1.43 bits per heavy atom. The number of hydrogen-bond acceptors (Lipinski definition) is 5. The van der Waals surface area contributed by atoms with Crippen molar-refractivity contribution >= 4 is 21.4 Å². The van der Waals surface area contributed by atoms with Crippen LogP contribution in [0.3, 0.4) is 0 Å². The van der Waals surface area contributed by atoms with Crippen LogP contribution in [-0.4, -0.2) is 14.3 Å². The molecule has 3 N–H and O–H groups in total. The summed E-state index contributed by atoms with van der Waals surface area (Å²) >= 11 is 0. The van der Waals surface area contributed by atoms with E-state index in [0.29, 0.717) is 11.3 Å². The Morgan fingerprint density at radius 3 is 2.00 bits per heavy atom. The topological polar surface area (TPSA) is 92.5 Å². The molecule has 3 aromatic carbocycles. The zero-order valence-corrected chi connectivity index (χ0v) is 17.1. The van der Waals surface area contributed by atoms with Crippen LogP contribution in [0, 0.1) is 6.92 Å². The Bertz CT molecular complexity index is 1210. The van der Waals surface area contributed by atoms with Gasteiger partial charge >= 0.3 is 0 Å². The fourth-order valence-electron chi connectivity index (χ4n) is 3.65. The molecule has 1 heterocycles. The molecule has 30 heavy (non-hydrogen) atoms. The van der Waals surface area contributed by atoms with E-state index in [9.17, 15) is 13.2 Å². The molecule has 0 fully saturated rings. The van der Waals surface area contributed by atoms with Crippen LogP contribution >= 0.6 is 0 Å². The van der Waals surface area contributed by atoms with Crippen LogP contribution in [0.4, 0.5) is 5.69 Å². The van der Waals surface area contributed by atoms with Crippen LogP contribution in [0.5, 0.6) is 0 Å². The normalized spacial score (nSPS) is 16.8. The number of sulfone groups is 1. The highest BCUT2D eigenvalue weighted by atomic mass is 32.2. The van der Waals surface area contributed by atoms with Crippen LogP contribution in [-0.2, 0) is 14.6 Å². The predicted molar refractivity (Wildman–Crippen MR) is 116 cm³/mol. The summed E-state index contributed by atoms with van der Waals surface area (Å²) in [6.45, 7) is 1.88. The first kappa shape index (κ1) is 19.9. The molecule has 0 aromatic heterocycles. The minimum absolute atomic E-state index is 0.0612. The summed E-state index contributed by atoms with van der Waals surface area (Å²) < 4.78 is 27.4. The molecule has 0 radical (unpaired) electrons. The lowest BCUT2D eigenvalue weighted by atomic mass is 10.1. The Kier molecular flexibility index (Phi) is 5.15. The van der Waals surface area contributed by atoms with Gasteiger partial charge < -0.3 is 5.43 Å². The number of anilines is 1. The van der Waals surface area contributed by atoms with Gasteiger partial charge in [0.1, 0.15) is 16.6 Å². The lowest BCUT2D eigenvalue weighted by Crippen LogP contribution is -2.34.